The van der Waals surface area contributed by atoms with Crippen molar-refractivity contribution in [3.63, 3.8) is 0 Å². The molecule has 0 aromatic carbocycles. The highest BCUT2D eigenvalue weighted by molar-refractivity contribution is 5.81. The molecule has 0 rings (SSSR count). The van der Waals surface area contributed by atoms with E-state index in [2.05, 4.69) is 0 Å². The molecule has 1 atom stereocenters. The quantitative estimate of drug-likeness (QED) is 0.657. The van der Waals surface area contributed by atoms with Crippen molar-refractivity contribution >= 4 is 5.91 Å². The Hall–Kier alpha value is -1.66. The summed E-state index contributed by atoms with van der Waals surface area (Å²) in [5, 5.41) is 1.84. The first-order chi connectivity index (χ1) is 8.23. The summed E-state index contributed by atoms with van der Waals surface area (Å²) in [4.78, 5) is 10.7. The van der Waals surface area contributed by atoms with Crippen LogP contribution in [0.3, 0.4) is 0 Å². The Morgan fingerprint density at radius 1 is 1.44 bits per heavy atom. The second-order valence-corrected chi connectivity index (χ2v) is 3.81. The van der Waals surface area contributed by atoms with Gasteiger partial charge in [0.1, 0.15) is 0 Å². The van der Waals surface area contributed by atoms with Crippen LogP contribution in [0.4, 0.5) is 13.2 Å². The molecule has 1 amide bonds. The lowest BCUT2D eigenvalue weighted by atomic mass is 9.94. The molecule has 18 heavy (non-hydrogen) atoms. The summed E-state index contributed by atoms with van der Waals surface area (Å²) in [6, 6.07) is 0. The van der Waals surface area contributed by atoms with Crippen LogP contribution >= 0.6 is 0 Å². The van der Waals surface area contributed by atoms with Crippen LogP contribution in [0.2, 0.25) is 0 Å². The summed E-state index contributed by atoms with van der Waals surface area (Å²) in [6.07, 6.45) is -1.54. The highest BCUT2D eigenvalue weighted by atomic mass is 19.4. The fraction of sp³-hybridized carbons (Fsp3) is 0.545. The molecule has 7 heteroatoms. The predicted octanol–water partition coefficient (Wildman–Crippen LogP) is 1.40. The van der Waals surface area contributed by atoms with E-state index in [4.69, 9.17) is 11.5 Å². The van der Waals surface area contributed by atoms with Crippen molar-refractivity contribution in [1.82, 2.24) is 5.32 Å². The minimum atomic E-state index is -4.87. The Morgan fingerprint density at radius 3 is 2.33 bits per heavy atom. The van der Waals surface area contributed by atoms with Gasteiger partial charge in [-0.05, 0) is 31.2 Å². The molecule has 0 spiro atoms. The first kappa shape index (κ1) is 16.3. The number of nitrogens with one attached hydrogen (secondary N) is 1. The zero-order chi connectivity index (χ0) is 14.3. The van der Waals surface area contributed by atoms with Gasteiger partial charge < -0.3 is 16.8 Å². The molecule has 0 radical (unpaired) electrons. The van der Waals surface area contributed by atoms with Crippen LogP contribution in [0.5, 0.6) is 0 Å². The van der Waals surface area contributed by atoms with E-state index in [9.17, 15) is 18.0 Å². The van der Waals surface area contributed by atoms with E-state index in [1.54, 1.807) is 13.8 Å². The molecule has 0 fully saturated rings. The number of halogens is 3. The zero-order valence-electron chi connectivity index (χ0n) is 10.3. The van der Waals surface area contributed by atoms with Crippen LogP contribution in [-0.2, 0) is 4.79 Å². The number of rotatable bonds is 5. The average Bonchev–Trinajstić information content (AvgIpc) is 2.26. The van der Waals surface area contributed by atoms with Crippen molar-refractivity contribution in [2.24, 2.45) is 17.4 Å². The fourth-order valence-electron chi connectivity index (χ4n) is 1.48. The topological polar surface area (TPSA) is 81.1 Å². The van der Waals surface area contributed by atoms with Crippen molar-refractivity contribution < 1.29 is 18.0 Å². The minimum Gasteiger partial charge on any atom is -0.405 e. The molecule has 4 nitrogen and oxygen atoms in total. The van der Waals surface area contributed by atoms with Gasteiger partial charge in [-0.15, -0.1) is 0 Å². The Balaban J connectivity index is 4.72. The monoisotopic (exact) mass is 265 g/mol. The maximum absolute atomic E-state index is 12.0. The minimum absolute atomic E-state index is 0.136. The number of carbonyl (C=O) groups excluding carboxylic acids is 1. The molecule has 0 aliphatic carbocycles. The highest BCUT2D eigenvalue weighted by Crippen LogP contribution is 2.19. The molecular formula is C11H18F3N3O. The van der Waals surface area contributed by atoms with Gasteiger partial charge in [0, 0.05) is 18.2 Å². The third kappa shape index (κ3) is 5.11. The van der Waals surface area contributed by atoms with Gasteiger partial charge in [-0.1, -0.05) is 6.92 Å². The van der Waals surface area contributed by atoms with E-state index >= 15 is 0 Å². The van der Waals surface area contributed by atoms with Crippen LogP contribution in [0.1, 0.15) is 20.3 Å². The number of amides is 1. The molecule has 5 N–H and O–H groups in total. The lowest BCUT2D eigenvalue weighted by Crippen LogP contribution is -2.39. The fourth-order valence-corrected chi connectivity index (χ4v) is 1.48. The van der Waals surface area contributed by atoms with E-state index in [1.807, 2.05) is 5.32 Å². The summed E-state index contributed by atoms with van der Waals surface area (Å²) >= 11 is 0. The molecule has 0 aliphatic heterocycles. The number of nitrogens with two attached hydrogens (primary N) is 2. The maximum Gasteiger partial charge on any atom is 0.471 e. The molecule has 0 aromatic heterocycles. The van der Waals surface area contributed by atoms with Gasteiger partial charge in [0.2, 0.25) is 0 Å². The van der Waals surface area contributed by atoms with Crippen molar-refractivity contribution in [2.45, 2.75) is 26.4 Å². The summed E-state index contributed by atoms with van der Waals surface area (Å²) in [5.41, 5.74) is 12.0. The van der Waals surface area contributed by atoms with Crippen molar-refractivity contribution in [1.29, 1.82) is 0 Å². The Labute approximate surface area is 104 Å². The van der Waals surface area contributed by atoms with Crippen LogP contribution in [-0.4, -0.2) is 18.6 Å². The molecule has 0 heterocycles. The van der Waals surface area contributed by atoms with Gasteiger partial charge in [0.05, 0.1) is 0 Å². The standard InChI is InChI=1S/C11H18F3N3O/c1-3-8(9(4-5-15)7(2)16)6-17-10(18)11(12,13)14/h4-5,8H,3,6,15-16H2,1-2H3,(H,17,18)/b5-4+,9-7?. The van der Waals surface area contributed by atoms with E-state index in [1.165, 1.54) is 12.3 Å². The van der Waals surface area contributed by atoms with Gasteiger partial charge in [-0.2, -0.15) is 13.2 Å². The van der Waals surface area contributed by atoms with Crippen LogP contribution < -0.4 is 16.8 Å². The largest absolute Gasteiger partial charge is 0.471 e. The van der Waals surface area contributed by atoms with E-state index in [0.717, 1.165) is 0 Å². The second kappa shape index (κ2) is 6.93. The lowest BCUT2D eigenvalue weighted by Gasteiger charge is -2.19. The Bertz CT molecular complexity index is 344. The normalized spacial score (nSPS) is 15.4. The molecule has 104 valence electrons. The van der Waals surface area contributed by atoms with Crippen molar-refractivity contribution in [3.8, 4) is 0 Å². The zero-order valence-corrected chi connectivity index (χ0v) is 10.3. The SMILES string of the molecule is CCC(CNC(=O)C(F)(F)F)C(/C=C/N)=C(C)N. The number of hydrogen-bond donors (Lipinski definition) is 3. The van der Waals surface area contributed by atoms with Crippen LogP contribution in [0.15, 0.2) is 23.5 Å². The number of alkyl halides is 3. The van der Waals surface area contributed by atoms with Gasteiger partial charge in [-0.3, -0.25) is 4.79 Å². The summed E-state index contributed by atoms with van der Waals surface area (Å²) in [5.74, 6) is -2.26. The predicted molar refractivity (Wildman–Crippen MR) is 63.1 cm³/mol. The summed E-state index contributed by atoms with van der Waals surface area (Å²) in [7, 11) is 0. The van der Waals surface area contributed by atoms with Crippen LogP contribution in [0.25, 0.3) is 0 Å². The van der Waals surface area contributed by atoms with Gasteiger partial charge in [0.25, 0.3) is 0 Å². The van der Waals surface area contributed by atoms with E-state index in [0.29, 0.717) is 17.7 Å². The van der Waals surface area contributed by atoms with Crippen molar-refractivity contribution in [3.05, 3.63) is 23.5 Å². The van der Waals surface area contributed by atoms with Gasteiger partial charge in [-0.25, -0.2) is 0 Å². The second-order valence-electron chi connectivity index (χ2n) is 3.81. The maximum atomic E-state index is 12.0. The lowest BCUT2D eigenvalue weighted by molar-refractivity contribution is -0.173. The molecule has 0 aliphatic rings. The third-order valence-electron chi connectivity index (χ3n) is 2.43. The Morgan fingerprint density at radius 2 is 2.00 bits per heavy atom. The molecule has 0 saturated carbocycles. The smallest absolute Gasteiger partial charge is 0.405 e. The summed E-state index contributed by atoms with van der Waals surface area (Å²) in [6.45, 7) is 3.28. The molecule has 0 aromatic rings. The van der Waals surface area contributed by atoms with Gasteiger partial charge >= 0.3 is 12.1 Å². The Kier molecular flexibility index (Phi) is 6.29. The summed E-state index contributed by atoms with van der Waals surface area (Å²) < 4.78 is 36.1. The molecular weight excluding hydrogens is 247 g/mol. The molecule has 1 unspecified atom stereocenters. The first-order valence-corrected chi connectivity index (χ1v) is 5.43. The molecule has 0 bridgehead atoms. The average molecular weight is 265 g/mol. The van der Waals surface area contributed by atoms with E-state index in [-0.39, 0.29) is 12.5 Å². The number of carbonyl (C=O) groups is 1. The van der Waals surface area contributed by atoms with Gasteiger partial charge in [0.15, 0.2) is 0 Å². The number of hydrogen-bond acceptors (Lipinski definition) is 3. The highest BCUT2D eigenvalue weighted by Gasteiger charge is 2.38. The first-order valence-electron chi connectivity index (χ1n) is 5.43. The van der Waals surface area contributed by atoms with E-state index < -0.39 is 12.1 Å². The third-order valence-corrected chi connectivity index (χ3v) is 2.43. The number of allylic oxidation sites excluding steroid dienone is 2. The van der Waals surface area contributed by atoms with Crippen LogP contribution in [0, 0.1) is 5.92 Å². The van der Waals surface area contributed by atoms with Crippen molar-refractivity contribution in [2.75, 3.05) is 6.54 Å². The molecule has 0 saturated heterocycles.